The van der Waals surface area contributed by atoms with Gasteiger partial charge in [-0.3, -0.25) is 4.90 Å². The summed E-state index contributed by atoms with van der Waals surface area (Å²) in [6, 6.07) is 4.84. The summed E-state index contributed by atoms with van der Waals surface area (Å²) in [4.78, 5) is 2.55. The van der Waals surface area contributed by atoms with Crippen LogP contribution in [0.25, 0.3) is 0 Å². The fraction of sp³-hybridized carbons (Fsp3) is 0.647. The number of nitrogens with zero attached hydrogens (tertiary/aromatic N) is 1. The zero-order chi connectivity index (χ0) is 15.5. The van der Waals surface area contributed by atoms with Crippen LogP contribution < -0.4 is 5.32 Å². The number of likely N-dealkylation sites (tertiary alicyclic amines) is 1. The van der Waals surface area contributed by atoms with Crippen molar-refractivity contribution < 1.29 is 4.39 Å². The summed E-state index contributed by atoms with van der Waals surface area (Å²) in [5.41, 5.74) is 0.895. The third-order valence-corrected chi connectivity index (χ3v) is 5.17. The predicted octanol–water partition coefficient (Wildman–Crippen LogP) is 3.87. The van der Waals surface area contributed by atoms with Crippen LogP contribution in [-0.2, 0) is 6.42 Å². The van der Waals surface area contributed by atoms with Crippen molar-refractivity contribution in [2.24, 2.45) is 0 Å². The molecule has 118 valence electrons. The molecule has 1 heterocycles. The molecule has 1 aromatic rings. The summed E-state index contributed by atoms with van der Waals surface area (Å²) in [7, 11) is 1.98. The van der Waals surface area contributed by atoms with Gasteiger partial charge in [0.25, 0.3) is 0 Å². The molecule has 1 unspecified atom stereocenters. The number of halogens is 2. The van der Waals surface area contributed by atoms with Crippen LogP contribution >= 0.6 is 11.6 Å². The van der Waals surface area contributed by atoms with Gasteiger partial charge in [-0.2, -0.15) is 0 Å². The second-order valence-electron chi connectivity index (χ2n) is 6.48. The van der Waals surface area contributed by atoms with Gasteiger partial charge in [0.05, 0.1) is 0 Å². The van der Waals surface area contributed by atoms with Gasteiger partial charge in [-0.05, 0) is 77.0 Å². The lowest BCUT2D eigenvalue weighted by Gasteiger charge is -2.46. The molecule has 1 aliphatic rings. The summed E-state index contributed by atoms with van der Waals surface area (Å²) in [6.45, 7) is 6.82. The summed E-state index contributed by atoms with van der Waals surface area (Å²) in [6.07, 6.45) is 4.59. The topological polar surface area (TPSA) is 15.3 Å². The molecule has 0 aromatic heterocycles. The molecular weight excluding hydrogens is 287 g/mol. The first-order chi connectivity index (χ1) is 9.95. The maximum Gasteiger partial charge on any atom is 0.123 e. The highest BCUT2D eigenvalue weighted by molar-refractivity contribution is 6.31. The average Bonchev–Trinajstić information content (AvgIpc) is 2.48. The maximum atomic E-state index is 13.5. The lowest BCUT2D eigenvalue weighted by molar-refractivity contribution is 0.0635. The van der Waals surface area contributed by atoms with Gasteiger partial charge in [0.1, 0.15) is 5.82 Å². The highest BCUT2D eigenvalue weighted by Gasteiger charge is 2.35. The van der Waals surface area contributed by atoms with E-state index in [9.17, 15) is 4.39 Å². The molecule has 1 aliphatic heterocycles. The number of hydrogen-bond donors (Lipinski definition) is 1. The molecule has 0 bridgehead atoms. The fourth-order valence-corrected chi connectivity index (χ4v) is 3.51. The van der Waals surface area contributed by atoms with Crippen molar-refractivity contribution in [3.05, 3.63) is 34.6 Å². The number of nitrogens with one attached hydrogen (secondary N) is 1. The molecule has 2 nitrogen and oxygen atoms in total. The molecule has 0 radical (unpaired) electrons. The Kier molecular flexibility index (Phi) is 5.64. The summed E-state index contributed by atoms with van der Waals surface area (Å²) >= 11 is 6.23. The highest BCUT2D eigenvalue weighted by atomic mass is 35.5. The second kappa shape index (κ2) is 7.08. The molecule has 1 fully saturated rings. The minimum absolute atomic E-state index is 0.0187. The van der Waals surface area contributed by atoms with Crippen molar-refractivity contribution in [2.45, 2.75) is 51.1 Å². The Hall–Kier alpha value is -0.640. The molecule has 1 N–H and O–H groups in total. The standard InChI is InChI=1S/C17H26ClFN2/c1-17(2,21-9-5-4-6-10-21)16(20-3)12-13-11-14(19)7-8-15(13)18/h7-8,11,16,20H,4-6,9-10,12H2,1-3H3. The summed E-state index contributed by atoms with van der Waals surface area (Å²) in [5.74, 6) is -0.222. The Morgan fingerprint density at radius 2 is 1.95 bits per heavy atom. The van der Waals surface area contributed by atoms with Crippen LogP contribution in [0.5, 0.6) is 0 Å². The first-order valence-electron chi connectivity index (χ1n) is 7.81. The molecule has 1 aromatic carbocycles. The normalized spacial score (nSPS) is 18.7. The van der Waals surface area contributed by atoms with E-state index in [4.69, 9.17) is 11.6 Å². The monoisotopic (exact) mass is 312 g/mol. The van der Waals surface area contributed by atoms with Crippen LogP contribution in [0.4, 0.5) is 4.39 Å². The van der Waals surface area contributed by atoms with Gasteiger partial charge >= 0.3 is 0 Å². The van der Waals surface area contributed by atoms with Gasteiger partial charge in [0, 0.05) is 16.6 Å². The SMILES string of the molecule is CNC(Cc1cc(F)ccc1Cl)C(C)(C)N1CCCCC1. The van der Waals surface area contributed by atoms with E-state index in [-0.39, 0.29) is 17.4 Å². The van der Waals surface area contributed by atoms with Crippen molar-refractivity contribution in [1.82, 2.24) is 10.2 Å². The Morgan fingerprint density at radius 3 is 2.57 bits per heavy atom. The van der Waals surface area contributed by atoms with Crippen LogP contribution in [0.3, 0.4) is 0 Å². The van der Waals surface area contributed by atoms with Crippen LogP contribution in [0.15, 0.2) is 18.2 Å². The number of rotatable bonds is 5. The van der Waals surface area contributed by atoms with Crippen molar-refractivity contribution in [3.8, 4) is 0 Å². The van der Waals surface area contributed by atoms with E-state index in [0.717, 1.165) is 25.1 Å². The van der Waals surface area contributed by atoms with Crippen molar-refractivity contribution >= 4 is 11.6 Å². The zero-order valence-corrected chi connectivity index (χ0v) is 14.0. The highest BCUT2D eigenvalue weighted by Crippen LogP contribution is 2.28. The lowest BCUT2D eigenvalue weighted by atomic mass is 9.86. The smallest absolute Gasteiger partial charge is 0.123 e. The molecule has 21 heavy (non-hydrogen) atoms. The molecular formula is C17H26ClFN2. The fourth-order valence-electron chi connectivity index (χ4n) is 3.32. The largest absolute Gasteiger partial charge is 0.315 e. The molecule has 1 atom stereocenters. The lowest BCUT2D eigenvalue weighted by Crippen LogP contribution is -2.59. The molecule has 0 spiro atoms. The van der Waals surface area contributed by atoms with E-state index in [1.807, 2.05) is 7.05 Å². The molecule has 2 rings (SSSR count). The van der Waals surface area contributed by atoms with Gasteiger partial charge in [0.2, 0.25) is 0 Å². The molecule has 0 aliphatic carbocycles. The minimum Gasteiger partial charge on any atom is -0.315 e. The van der Waals surface area contributed by atoms with Gasteiger partial charge in [-0.25, -0.2) is 4.39 Å². The minimum atomic E-state index is -0.222. The van der Waals surface area contributed by atoms with Crippen molar-refractivity contribution in [3.63, 3.8) is 0 Å². The van der Waals surface area contributed by atoms with Gasteiger partial charge < -0.3 is 5.32 Å². The quantitative estimate of drug-likeness (QED) is 0.888. The number of piperidine rings is 1. The van der Waals surface area contributed by atoms with Crippen LogP contribution in [0, 0.1) is 5.82 Å². The Balaban J connectivity index is 2.16. The van der Waals surface area contributed by atoms with Gasteiger partial charge in [-0.1, -0.05) is 18.0 Å². The summed E-state index contributed by atoms with van der Waals surface area (Å²) in [5, 5.41) is 4.06. The average molecular weight is 313 g/mol. The maximum absolute atomic E-state index is 13.5. The third kappa shape index (κ3) is 3.97. The number of likely N-dealkylation sites (N-methyl/N-ethyl adjacent to an activating group) is 1. The Morgan fingerprint density at radius 1 is 1.29 bits per heavy atom. The molecule has 4 heteroatoms. The van der Waals surface area contributed by atoms with Crippen molar-refractivity contribution in [2.75, 3.05) is 20.1 Å². The first-order valence-corrected chi connectivity index (χ1v) is 8.19. The Bertz CT molecular complexity index is 470. The third-order valence-electron chi connectivity index (χ3n) is 4.80. The van der Waals surface area contributed by atoms with E-state index in [2.05, 4.69) is 24.1 Å². The molecule has 1 saturated heterocycles. The molecule has 0 amide bonds. The van der Waals surface area contributed by atoms with Crippen LogP contribution in [0.2, 0.25) is 5.02 Å². The van der Waals surface area contributed by atoms with Gasteiger partial charge in [0.15, 0.2) is 0 Å². The van der Waals surface area contributed by atoms with Gasteiger partial charge in [-0.15, -0.1) is 0 Å². The van der Waals surface area contributed by atoms with E-state index < -0.39 is 0 Å². The molecule has 0 saturated carbocycles. The second-order valence-corrected chi connectivity index (χ2v) is 6.89. The van der Waals surface area contributed by atoms with Crippen molar-refractivity contribution in [1.29, 1.82) is 0 Å². The number of benzene rings is 1. The summed E-state index contributed by atoms with van der Waals surface area (Å²) < 4.78 is 13.5. The van der Waals surface area contributed by atoms with E-state index in [1.54, 1.807) is 12.1 Å². The predicted molar refractivity (Wildman–Crippen MR) is 87.5 cm³/mol. The van der Waals surface area contributed by atoms with E-state index >= 15 is 0 Å². The Labute approximate surface area is 132 Å². The van der Waals surface area contributed by atoms with Crippen LogP contribution in [0.1, 0.15) is 38.7 Å². The van der Waals surface area contributed by atoms with E-state index in [0.29, 0.717) is 5.02 Å². The zero-order valence-electron chi connectivity index (χ0n) is 13.3. The number of hydrogen-bond acceptors (Lipinski definition) is 2. The van der Waals surface area contributed by atoms with Crippen LogP contribution in [-0.4, -0.2) is 36.6 Å². The first kappa shape index (κ1) is 16.7. The van der Waals surface area contributed by atoms with E-state index in [1.165, 1.54) is 25.3 Å².